The Hall–Kier alpha value is -0.380. The molecule has 0 radical (unpaired) electrons. The van der Waals surface area contributed by atoms with Crippen molar-refractivity contribution in [3.63, 3.8) is 0 Å². The maximum Gasteiger partial charge on any atom is 0.0623 e. The third kappa shape index (κ3) is 2.95. The fraction of sp³-hybridized carbons (Fsp3) is 0.765. The SMILES string of the molecule is CCC1COCC1NCC1(c2cccs2)CCCCC1. The van der Waals surface area contributed by atoms with Crippen LogP contribution in [0.2, 0.25) is 0 Å². The van der Waals surface area contributed by atoms with E-state index < -0.39 is 0 Å². The van der Waals surface area contributed by atoms with Gasteiger partial charge in [0, 0.05) is 22.9 Å². The van der Waals surface area contributed by atoms with Gasteiger partial charge in [0.05, 0.1) is 13.2 Å². The maximum absolute atomic E-state index is 5.66. The first-order valence-electron chi connectivity index (χ1n) is 8.19. The minimum absolute atomic E-state index is 0.396. The van der Waals surface area contributed by atoms with Gasteiger partial charge in [-0.2, -0.15) is 0 Å². The summed E-state index contributed by atoms with van der Waals surface area (Å²) < 4.78 is 5.66. The molecule has 1 aliphatic heterocycles. The van der Waals surface area contributed by atoms with Crippen LogP contribution in [0.15, 0.2) is 17.5 Å². The quantitative estimate of drug-likeness (QED) is 0.887. The van der Waals surface area contributed by atoms with E-state index in [1.54, 1.807) is 4.88 Å². The molecular formula is C17H27NOS. The summed E-state index contributed by atoms with van der Waals surface area (Å²) in [7, 11) is 0. The Morgan fingerprint density at radius 1 is 1.30 bits per heavy atom. The molecule has 3 rings (SSSR count). The van der Waals surface area contributed by atoms with E-state index in [4.69, 9.17) is 4.74 Å². The van der Waals surface area contributed by atoms with Crippen LogP contribution in [0.25, 0.3) is 0 Å². The molecule has 0 spiro atoms. The predicted molar refractivity (Wildman–Crippen MR) is 85.5 cm³/mol. The van der Waals surface area contributed by atoms with E-state index in [0.29, 0.717) is 17.4 Å². The van der Waals surface area contributed by atoms with E-state index in [-0.39, 0.29) is 0 Å². The zero-order valence-electron chi connectivity index (χ0n) is 12.6. The topological polar surface area (TPSA) is 21.3 Å². The van der Waals surface area contributed by atoms with Crippen LogP contribution in [0.5, 0.6) is 0 Å². The van der Waals surface area contributed by atoms with Gasteiger partial charge in [0.2, 0.25) is 0 Å². The average molecular weight is 293 g/mol. The first-order chi connectivity index (χ1) is 9.84. The zero-order chi connectivity index (χ0) is 13.8. The second-order valence-corrected chi connectivity index (χ2v) is 7.46. The lowest BCUT2D eigenvalue weighted by atomic mass is 9.72. The molecule has 1 saturated carbocycles. The molecule has 1 aliphatic carbocycles. The van der Waals surface area contributed by atoms with Crippen molar-refractivity contribution < 1.29 is 4.74 Å². The summed E-state index contributed by atoms with van der Waals surface area (Å²) in [6, 6.07) is 5.13. The molecule has 112 valence electrons. The normalized spacial score (nSPS) is 29.6. The highest BCUT2D eigenvalue weighted by Gasteiger charge is 2.36. The van der Waals surface area contributed by atoms with Crippen molar-refractivity contribution in [2.75, 3.05) is 19.8 Å². The molecule has 20 heavy (non-hydrogen) atoms. The van der Waals surface area contributed by atoms with Gasteiger partial charge in [-0.25, -0.2) is 0 Å². The van der Waals surface area contributed by atoms with E-state index >= 15 is 0 Å². The van der Waals surface area contributed by atoms with Crippen LogP contribution < -0.4 is 5.32 Å². The number of hydrogen-bond acceptors (Lipinski definition) is 3. The van der Waals surface area contributed by atoms with Gasteiger partial charge >= 0.3 is 0 Å². The van der Waals surface area contributed by atoms with Crippen molar-refractivity contribution in [1.82, 2.24) is 5.32 Å². The summed E-state index contributed by atoms with van der Waals surface area (Å²) in [6.07, 6.45) is 8.12. The molecule has 2 fully saturated rings. The van der Waals surface area contributed by atoms with Gasteiger partial charge in [0.1, 0.15) is 0 Å². The summed E-state index contributed by atoms with van der Waals surface area (Å²) in [5.41, 5.74) is 0.396. The number of rotatable bonds is 5. The first-order valence-corrected chi connectivity index (χ1v) is 9.07. The summed E-state index contributed by atoms with van der Waals surface area (Å²) in [6.45, 7) is 5.26. The Labute approximate surface area is 126 Å². The Morgan fingerprint density at radius 3 is 2.85 bits per heavy atom. The lowest BCUT2D eigenvalue weighted by Gasteiger charge is -2.38. The summed E-state index contributed by atoms with van der Waals surface area (Å²) in [5, 5.41) is 6.10. The highest BCUT2D eigenvalue weighted by molar-refractivity contribution is 7.10. The fourth-order valence-electron chi connectivity index (χ4n) is 3.87. The minimum atomic E-state index is 0.396. The Bertz CT molecular complexity index is 397. The van der Waals surface area contributed by atoms with Gasteiger partial charge in [-0.05, 0) is 36.6 Å². The van der Waals surface area contributed by atoms with Gasteiger partial charge in [0.25, 0.3) is 0 Å². The highest BCUT2D eigenvalue weighted by atomic mass is 32.1. The zero-order valence-corrected chi connectivity index (χ0v) is 13.4. The third-order valence-electron chi connectivity index (χ3n) is 5.28. The molecule has 1 N–H and O–H groups in total. The number of ether oxygens (including phenoxy) is 1. The molecule has 2 nitrogen and oxygen atoms in total. The van der Waals surface area contributed by atoms with Crippen molar-refractivity contribution in [3.8, 4) is 0 Å². The van der Waals surface area contributed by atoms with Crippen molar-refractivity contribution in [2.45, 2.75) is 56.9 Å². The first kappa shape index (κ1) is 14.6. The summed E-state index contributed by atoms with van der Waals surface area (Å²) in [5.74, 6) is 0.707. The minimum Gasteiger partial charge on any atom is -0.379 e. The highest BCUT2D eigenvalue weighted by Crippen LogP contribution is 2.41. The van der Waals surface area contributed by atoms with Crippen molar-refractivity contribution in [3.05, 3.63) is 22.4 Å². The van der Waals surface area contributed by atoms with Crippen molar-refractivity contribution in [1.29, 1.82) is 0 Å². The third-order valence-corrected chi connectivity index (χ3v) is 6.40. The van der Waals surface area contributed by atoms with Crippen LogP contribution in [0, 0.1) is 5.92 Å². The molecule has 1 aromatic rings. The van der Waals surface area contributed by atoms with Crippen LogP contribution >= 0.6 is 11.3 Å². The average Bonchev–Trinajstić information content (AvgIpc) is 3.17. The van der Waals surface area contributed by atoms with Crippen LogP contribution in [-0.2, 0) is 10.2 Å². The molecule has 3 heteroatoms. The summed E-state index contributed by atoms with van der Waals surface area (Å²) >= 11 is 1.95. The Balaban J connectivity index is 1.68. The Morgan fingerprint density at radius 2 is 2.15 bits per heavy atom. The molecule has 1 saturated heterocycles. The van der Waals surface area contributed by atoms with Gasteiger partial charge in [0.15, 0.2) is 0 Å². The van der Waals surface area contributed by atoms with E-state index in [9.17, 15) is 0 Å². The van der Waals surface area contributed by atoms with Crippen LogP contribution in [0.1, 0.15) is 50.3 Å². The van der Waals surface area contributed by atoms with Gasteiger partial charge < -0.3 is 10.1 Å². The lowest BCUT2D eigenvalue weighted by molar-refractivity contribution is 0.180. The molecule has 2 atom stereocenters. The second-order valence-electron chi connectivity index (χ2n) is 6.51. The second kappa shape index (κ2) is 6.59. The summed E-state index contributed by atoms with van der Waals surface area (Å²) in [4.78, 5) is 1.59. The fourth-order valence-corrected chi connectivity index (χ4v) is 4.86. The predicted octanol–water partition coefficient (Wildman–Crippen LogP) is 3.96. The molecule has 0 amide bonds. The van der Waals surface area contributed by atoms with Gasteiger partial charge in [-0.3, -0.25) is 0 Å². The van der Waals surface area contributed by atoms with E-state index in [1.807, 2.05) is 11.3 Å². The van der Waals surface area contributed by atoms with Crippen LogP contribution in [0.3, 0.4) is 0 Å². The molecular weight excluding hydrogens is 266 g/mol. The maximum atomic E-state index is 5.66. The molecule has 1 aromatic heterocycles. The largest absolute Gasteiger partial charge is 0.379 e. The van der Waals surface area contributed by atoms with E-state index in [0.717, 1.165) is 19.8 Å². The molecule has 2 unspecified atom stereocenters. The number of hydrogen-bond donors (Lipinski definition) is 1. The van der Waals surface area contributed by atoms with Crippen molar-refractivity contribution >= 4 is 11.3 Å². The Kier molecular flexibility index (Phi) is 4.79. The molecule has 2 heterocycles. The monoisotopic (exact) mass is 293 g/mol. The standard InChI is InChI=1S/C17H27NOS/c1-2-14-11-19-12-15(14)18-13-17(8-4-3-5-9-17)16-7-6-10-20-16/h6-7,10,14-15,18H,2-5,8-9,11-13H2,1H3. The van der Waals surface area contributed by atoms with Gasteiger partial charge in [-0.15, -0.1) is 11.3 Å². The van der Waals surface area contributed by atoms with Crippen molar-refractivity contribution in [2.24, 2.45) is 5.92 Å². The lowest BCUT2D eigenvalue weighted by Crippen LogP contribution is -2.45. The van der Waals surface area contributed by atoms with E-state index in [1.165, 1.54) is 38.5 Å². The van der Waals surface area contributed by atoms with Crippen LogP contribution in [0.4, 0.5) is 0 Å². The van der Waals surface area contributed by atoms with E-state index in [2.05, 4.69) is 29.8 Å². The molecule has 2 aliphatic rings. The molecule has 0 aromatic carbocycles. The number of nitrogens with one attached hydrogen (secondary N) is 1. The smallest absolute Gasteiger partial charge is 0.0623 e. The van der Waals surface area contributed by atoms with Crippen LogP contribution in [-0.4, -0.2) is 25.8 Å². The number of thiophene rings is 1. The van der Waals surface area contributed by atoms with Gasteiger partial charge in [-0.1, -0.05) is 32.3 Å². The molecule has 0 bridgehead atoms.